The Bertz CT molecular complexity index is 931. The first-order valence-corrected chi connectivity index (χ1v) is 9.44. The van der Waals surface area contributed by atoms with Gasteiger partial charge in [-0.15, -0.1) is 10.2 Å². The van der Waals surface area contributed by atoms with E-state index in [4.69, 9.17) is 11.6 Å². The number of aromatic nitrogens is 4. The lowest BCUT2D eigenvalue weighted by molar-refractivity contribution is 0.594. The van der Waals surface area contributed by atoms with Gasteiger partial charge in [0.25, 0.3) is 5.56 Å². The van der Waals surface area contributed by atoms with E-state index in [0.717, 1.165) is 29.9 Å². The van der Waals surface area contributed by atoms with Gasteiger partial charge in [-0.2, -0.15) is 0 Å². The summed E-state index contributed by atoms with van der Waals surface area (Å²) in [7, 11) is 0. The van der Waals surface area contributed by atoms with E-state index in [2.05, 4.69) is 17.1 Å². The summed E-state index contributed by atoms with van der Waals surface area (Å²) >= 11 is 7.13. The molecule has 24 heavy (non-hydrogen) atoms. The summed E-state index contributed by atoms with van der Waals surface area (Å²) in [5, 5.41) is 10.0. The fourth-order valence-electron chi connectivity index (χ4n) is 2.71. The predicted molar refractivity (Wildman–Crippen MR) is 100.0 cm³/mol. The molecular formula is C17H19ClN4OS. The maximum absolute atomic E-state index is 12.9. The third-order valence-electron chi connectivity index (χ3n) is 3.86. The number of hydrogen-bond acceptors (Lipinski definition) is 4. The lowest BCUT2D eigenvalue weighted by atomic mass is 10.2. The Labute approximate surface area is 149 Å². The van der Waals surface area contributed by atoms with Crippen molar-refractivity contribution in [1.29, 1.82) is 0 Å². The Morgan fingerprint density at radius 1 is 1.25 bits per heavy atom. The average Bonchev–Trinajstić information content (AvgIpc) is 3.02. The van der Waals surface area contributed by atoms with Gasteiger partial charge in [-0.25, -0.2) is 0 Å². The van der Waals surface area contributed by atoms with Crippen LogP contribution < -0.4 is 5.56 Å². The Morgan fingerprint density at radius 2 is 2.08 bits per heavy atom. The molecule has 3 aromatic rings. The van der Waals surface area contributed by atoms with Crippen molar-refractivity contribution >= 4 is 40.0 Å². The minimum Gasteiger partial charge on any atom is -0.276 e. The monoisotopic (exact) mass is 362 g/mol. The van der Waals surface area contributed by atoms with Gasteiger partial charge in [0.05, 0.1) is 10.9 Å². The van der Waals surface area contributed by atoms with Gasteiger partial charge in [0.15, 0.2) is 5.16 Å². The number of aryl methyl sites for hydroxylation is 1. The van der Waals surface area contributed by atoms with Crippen LogP contribution in [0.15, 0.2) is 45.8 Å². The van der Waals surface area contributed by atoms with E-state index in [1.54, 1.807) is 16.3 Å². The van der Waals surface area contributed by atoms with Crippen molar-refractivity contribution in [1.82, 2.24) is 19.2 Å². The highest BCUT2D eigenvalue weighted by atomic mass is 35.5. The normalized spacial score (nSPS) is 11.9. The quantitative estimate of drug-likeness (QED) is 0.469. The molecule has 0 radical (unpaired) electrons. The average molecular weight is 363 g/mol. The summed E-state index contributed by atoms with van der Waals surface area (Å²) in [6.07, 6.45) is 5.00. The molecule has 0 aliphatic rings. The zero-order chi connectivity index (χ0) is 16.9. The van der Waals surface area contributed by atoms with E-state index in [1.165, 1.54) is 5.54 Å². The van der Waals surface area contributed by atoms with Crippen LogP contribution in [0.5, 0.6) is 0 Å². The van der Waals surface area contributed by atoms with Crippen molar-refractivity contribution < 1.29 is 0 Å². The van der Waals surface area contributed by atoms with Gasteiger partial charge in [0, 0.05) is 17.8 Å². The second kappa shape index (κ2) is 7.85. The molecule has 7 heteroatoms. The molecule has 0 unspecified atom stereocenters. The second-order valence-electron chi connectivity index (χ2n) is 5.47. The first kappa shape index (κ1) is 17.0. The van der Waals surface area contributed by atoms with E-state index >= 15 is 0 Å². The molecule has 0 saturated heterocycles. The maximum Gasteiger partial charge on any atom is 0.262 e. The van der Waals surface area contributed by atoms with Crippen LogP contribution in [0.2, 0.25) is 0 Å². The highest BCUT2D eigenvalue weighted by molar-refractivity contribution is 7.99. The van der Waals surface area contributed by atoms with E-state index in [0.29, 0.717) is 23.5 Å². The molecular weight excluding hydrogens is 344 g/mol. The molecule has 126 valence electrons. The fourth-order valence-corrected chi connectivity index (χ4v) is 3.65. The van der Waals surface area contributed by atoms with Crippen molar-refractivity contribution in [3.8, 4) is 0 Å². The van der Waals surface area contributed by atoms with Gasteiger partial charge in [-0.05, 0) is 18.6 Å². The molecule has 0 aliphatic heterocycles. The lowest BCUT2D eigenvalue weighted by Crippen LogP contribution is -2.23. The van der Waals surface area contributed by atoms with Crippen LogP contribution in [0.25, 0.3) is 16.7 Å². The summed E-state index contributed by atoms with van der Waals surface area (Å²) in [5.41, 5.74) is 2.33. The molecule has 5 nitrogen and oxygen atoms in total. The van der Waals surface area contributed by atoms with E-state index in [1.807, 2.05) is 34.7 Å². The number of rotatable bonds is 7. The number of benzene rings is 1. The standard InChI is InChI=1S/C17H19ClN4OS/c1-2-3-6-11-21-15(23)13-8-4-5-9-14(13)22-16(21)19-20-17(22)24-12-7-10-18/h4-5,7-10H,2-3,6,11-12H2,1H3/b10-7+. The Kier molecular flexibility index (Phi) is 5.58. The number of fused-ring (bicyclic) bond motifs is 3. The van der Waals surface area contributed by atoms with Crippen LogP contribution in [0, 0.1) is 0 Å². The van der Waals surface area contributed by atoms with E-state index in [-0.39, 0.29) is 5.56 Å². The van der Waals surface area contributed by atoms with Gasteiger partial charge < -0.3 is 0 Å². The molecule has 0 fully saturated rings. The third-order valence-corrected chi connectivity index (χ3v) is 4.92. The number of halogens is 1. The molecule has 3 rings (SSSR count). The van der Waals surface area contributed by atoms with E-state index < -0.39 is 0 Å². The second-order valence-corrected chi connectivity index (χ2v) is 6.71. The summed E-state index contributed by atoms with van der Waals surface area (Å²) in [6.45, 7) is 2.81. The first-order chi connectivity index (χ1) is 11.8. The molecule has 2 aromatic heterocycles. The molecule has 0 amide bonds. The zero-order valence-corrected chi connectivity index (χ0v) is 15.1. The first-order valence-electron chi connectivity index (χ1n) is 8.02. The Balaban J connectivity index is 2.18. The van der Waals surface area contributed by atoms with Crippen molar-refractivity contribution in [2.24, 2.45) is 0 Å². The Hall–Kier alpha value is -1.79. The molecule has 0 atom stereocenters. The minimum absolute atomic E-state index is 0.00110. The fraction of sp³-hybridized carbons (Fsp3) is 0.353. The number of hydrogen-bond donors (Lipinski definition) is 0. The largest absolute Gasteiger partial charge is 0.276 e. The molecule has 1 aromatic carbocycles. The van der Waals surface area contributed by atoms with Crippen LogP contribution in [-0.2, 0) is 6.54 Å². The molecule has 0 N–H and O–H groups in total. The van der Waals surface area contributed by atoms with Crippen molar-refractivity contribution in [3.05, 3.63) is 46.2 Å². The van der Waals surface area contributed by atoms with Crippen molar-refractivity contribution in [2.45, 2.75) is 37.9 Å². The van der Waals surface area contributed by atoms with E-state index in [9.17, 15) is 4.79 Å². The highest BCUT2D eigenvalue weighted by Gasteiger charge is 2.16. The number of nitrogens with zero attached hydrogens (tertiary/aromatic N) is 4. The molecule has 0 spiro atoms. The summed E-state index contributed by atoms with van der Waals surface area (Å²) in [4.78, 5) is 12.9. The minimum atomic E-state index is -0.00110. The highest BCUT2D eigenvalue weighted by Crippen LogP contribution is 2.21. The number of unbranched alkanes of at least 4 members (excludes halogenated alkanes) is 2. The zero-order valence-electron chi connectivity index (χ0n) is 13.5. The van der Waals surface area contributed by atoms with Crippen molar-refractivity contribution in [3.63, 3.8) is 0 Å². The predicted octanol–water partition coefficient (Wildman–Crippen LogP) is 4.08. The smallest absolute Gasteiger partial charge is 0.262 e. The topological polar surface area (TPSA) is 52.2 Å². The lowest BCUT2D eigenvalue weighted by Gasteiger charge is -2.10. The van der Waals surface area contributed by atoms with Gasteiger partial charge in [-0.3, -0.25) is 13.8 Å². The summed E-state index contributed by atoms with van der Waals surface area (Å²) in [5.74, 6) is 1.31. The molecule has 0 bridgehead atoms. The van der Waals surface area contributed by atoms with Crippen LogP contribution in [-0.4, -0.2) is 24.9 Å². The third kappa shape index (κ3) is 3.21. The Morgan fingerprint density at radius 3 is 2.88 bits per heavy atom. The SMILES string of the molecule is CCCCCn1c(=O)c2ccccc2n2c(SC/C=C/Cl)nnc12. The summed E-state index contributed by atoms with van der Waals surface area (Å²) < 4.78 is 3.71. The van der Waals surface area contributed by atoms with Crippen molar-refractivity contribution in [2.75, 3.05) is 5.75 Å². The van der Waals surface area contributed by atoms with Crippen LogP contribution >= 0.6 is 23.4 Å². The van der Waals surface area contributed by atoms with Crippen LogP contribution in [0.1, 0.15) is 26.2 Å². The van der Waals surface area contributed by atoms with Gasteiger partial charge in [0.2, 0.25) is 5.78 Å². The van der Waals surface area contributed by atoms with Gasteiger partial charge in [-0.1, -0.05) is 61.3 Å². The maximum atomic E-state index is 12.9. The number of thioether (sulfide) groups is 1. The molecule has 0 aliphatic carbocycles. The van der Waals surface area contributed by atoms with Gasteiger partial charge in [0.1, 0.15) is 0 Å². The molecule has 0 saturated carbocycles. The molecule has 2 heterocycles. The number of para-hydroxylation sites is 1. The van der Waals surface area contributed by atoms with Gasteiger partial charge >= 0.3 is 0 Å². The summed E-state index contributed by atoms with van der Waals surface area (Å²) in [6, 6.07) is 7.61. The van der Waals surface area contributed by atoms with Crippen LogP contribution in [0.4, 0.5) is 0 Å². The van der Waals surface area contributed by atoms with Crippen LogP contribution in [0.3, 0.4) is 0 Å².